The molecule has 2 aliphatic rings. The van der Waals surface area contributed by atoms with Crippen LogP contribution in [0.15, 0.2) is 18.5 Å². The molecule has 8 heteroatoms. The Morgan fingerprint density at radius 2 is 1.96 bits per heavy atom. The van der Waals surface area contributed by atoms with Crippen LogP contribution in [0, 0.1) is 0 Å². The number of anilines is 2. The van der Waals surface area contributed by atoms with Crippen molar-refractivity contribution in [1.82, 2.24) is 24.6 Å². The fourth-order valence-corrected chi connectivity index (χ4v) is 3.26. The number of aryl methyl sites for hydroxylation is 2. The van der Waals surface area contributed by atoms with Gasteiger partial charge in [0.2, 0.25) is 0 Å². The van der Waals surface area contributed by atoms with Gasteiger partial charge in [-0.3, -0.25) is 10.00 Å². The minimum absolute atomic E-state index is 0.0630. The van der Waals surface area contributed by atoms with E-state index in [-0.39, 0.29) is 6.03 Å². The second kappa shape index (κ2) is 6.93. The van der Waals surface area contributed by atoms with Crippen LogP contribution < -0.4 is 10.2 Å². The number of piperazine rings is 1. The first-order valence-electron chi connectivity index (χ1n) is 9.29. The van der Waals surface area contributed by atoms with E-state index in [0.29, 0.717) is 19.0 Å². The highest BCUT2D eigenvalue weighted by molar-refractivity contribution is 5.88. The predicted octanol–water partition coefficient (Wildman–Crippen LogP) is 2.00. The van der Waals surface area contributed by atoms with Gasteiger partial charge in [-0.05, 0) is 19.3 Å². The molecule has 0 unspecified atom stereocenters. The van der Waals surface area contributed by atoms with Crippen molar-refractivity contribution in [1.29, 1.82) is 0 Å². The van der Waals surface area contributed by atoms with Crippen LogP contribution in [0.1, 0.15) is 37.1 Å². The molecule has 2 amide bonds. The Hall–Kier alpha value is -2.64. The van der Waals surface area contributed by atoms with E-state index < -0.39 is 0 Å². The molecule has 2 aromatic heterocycles. The van der Waals surface area contributed by atoms with Crippen LogP contribution in [0.2, 0.25) is 0 Å². The lowest BCUT2D eigenvalue weighted by Crippen LogP contribution is -2.50. The predicted molar refractivity (Wildman–Crippen MR) is 99.4 cm³/mol. The van der Waals surface area contributed by atoms with Crippen molar-refractivity contribution in [3.05, 3.63) is 29.8 Å². The molecule has 138 valence electrons. The summed E-state index contributed by atoms with van der Waals surface area (Å²) >= 11 is 0. The third kappa shape index (κ3) is 3.49. The Labute approximate surface area is 153 Å². The first-order valence-corrected chi connectivity index (χ1v) is 9.29. The van der Waals surface area contributed by atoms with E-state index >= 15 is 0 Å². The summed E-state index contributed by atoms with van der Waals surface area (Å²) in [5.74, 6) is 2.29. The quantitative estimate of drug-likeness (QED) is 0.907. The average molecular weight is 355 g/mol. The van der Waals surface area contributed by atoms with Crippen LogP contribution in [0.4, 0.5) is 16.4 Å². The zero-order valence-corrected chi connectivity index (χ0v) is 15.4. The summed E-state index contributed by atoms with van der Waals surface area (Å²) in [7, 11) is 1.87. The Kier molecular flexibility index (Phi) is 4.48. The van der Waals surface area contributed by atoms with Gasteiger partial charge < -0.3 is 9.80 Å². The number of hydrogen-bond acceptors (Lipinski definition) is 5. The van der Waals surface area contributed by atoms with Crippen molar-refractivity contribution in [3.63, 3.8) is 0 Å². The van der Waals surface area contributed by atoms with Gasteiger partial charge in [-0.2, -0.15) is 5.10 Å². The van der Waals surface area contributed by atoms with Gasteiger partial charge in [0.1, 0.15) is 18.0 Å². The van der Waals surface area contributed by atoms with Crippen LogP contribution in [-0.4, -0.2) is 56.9 Å². The first kappa shape index (κ1) is 16.8. The van der Waals surface area contributed by atoms with Gasteiger partial charge in [-0.1, -0.05) is 6.92 Å². The molecule has 1 N–H and O–H groups in total. The van der Waals surface area contributed by atoms with E-state index in [2.05, 4.69) is 32.2 Å². The van der Waals surface area contributed by atoms with Gasteiger partial charge in [0.05, 0.1) is 5.69 Å². The second-order valence-corrected chi connectivity index (χ2v) is 6.98. The Balaban J connectivity index is 1.34. The van der Waals surface area contributed by atoms with Gasteiger partial charge in [-0.25, -0.2) is 14.8 Å². The molecule has 3 heterocycles. The molecule has 4 rings (SSSR count). The number of carbonyl (C=O) groups is 1. The molecule has 2 aromatic rings. The molecule has 8 nitrogen and oxygen atoms in total. The Morgan fingerprint density at radius 3 is 2.65 bits per heavy atom. The molecule has 0 bridgehead atoms. The molecule has 0 spiro atoms. The van der Waals surface area contributed by atoms with Crippen molar-refractivity contribution in [2.24, 2.45) is 7.05 Å². The summed E-state index contributed by atoms with van der Waals surface area (Å²) in [5.41, 5.74) is 2.13. The summed E-state index contributed by atoms with van der Waals surface area (Å²) in [6.45, 7) is 4.97. The molecule has 0 atom stereocenters. The van der Waals surface area contributed by atoms with E-state index in [9.17, 15) is 4.79 Å². The largest absolute Gasteiger partial charge is 0.353 e. The van der Waals surface area contributed by atoms with Crippen LogP contribution in [0.25, 0.3) is 0 Å². The van der Waals surface area contributed by atoms with Crippen molar-refractivity contribution in [3.8, 4) is 0 Å². The summed E-state index contributed by atoms with van der Waals surface area (Å²) in [5, 5.41) is 7.50. The minimum atomic E-state index is -0.0630. The fraction of sp³-hybridized carbons (Fsp3) is 0.556. The standard InChI is InChI=1S/C18H25N7O/c1-3-14-10-16(20-12-19-14)24-6-8-25(9-7-24)18(26)21-17-11-15(13-4-5-13)22-23(17)2/h10-13H,3-9H2,1-2H3,(H,21,26). The molecule has 2 fully saturated rings. The molecule has 1 aliphatic heterocycles. The average Bonchev–Trinajstić information content (AvgIpc) is 3.46. The van der Waals surface area contributed by atoms with E-state index in [0.717, 1.165) is 42.5 Å². The highest BCUT2D eigenvalue weighted by Gasteiger charge is 2.28. The molecule has 0 radical (unpaired) electrons. The van der Waals surface area contributed by atoms with Gasteiger partial charge >= 0.3 is 6.03 Å². The maximum Gasteiger partial charge on any atom is 0.323 e. The van der Waals surface area contributed by atoms with E-state index in [1.54, 1.807) is 11.0 Å². The molecule has 26 heavy (non-hydrogen) atoms. The van der Waals surface area contributed by atoms with E-state index in [1.165, 1.54) is 12.8 Å². The Bertz CT molecular complexity index is 791. The summed E-state index contributed by atoms with van der Waals surface area (Å²) in [4.78, 5) is 25.3. The number of aromatic nitrogens is 4. The highest BCUT2D eigenvalue weighted by atomic mass is 16.2. The van der Waals surface area contributed by atoms with Crippen LogP contribution in [-0.2, 0) is 13.5 Å². The van der Waals surface area contributed by atoms with Crippen molar-refractivity contribution in [2.75, 3.05) is 36.4 Å². The molecule has 1 saturated heterocycles. The SMILES string of the molecule is CCc1cc(N2CCN(C(=O)Nc3cc(C4CC4)nn3C)CC2)ncn1. The maximum atomic E-state index is 12.6. The van der Waals surface area contributed by atoms with E-state index in [1.807, 2.05) is 24.1 Å². The summed E-state index contributed by atoms with van der Waals surface area (Å²) < 4.78 is 1.76. The normalized spacial score (nSPS) is 17.5. The van der Waals surface area contributed by atoms with Crippen molar-refractivity contribution in [2.45, 2.75) is 32.1 Å². The zero-order chi connectivity index (χ0) is 18.1. The smallest absolute Gasteiger partial charge is 0.323 e. The second-order valence-electron chi connectivity index (χ2n) is 6.98. The number of nitrogens with zero attached hydrogens (tertiary/aromatic N) is 6. The number of carbonyl (C=O) groups excluding carboxylic acids is 1. The lowest BCUT2D eigenvalue weighted by atomic mass is 10.2. The zero-order valence-electron chi connectivity index (χ0n) is 15.4. The lowest BCUT2D eigenvalue weighted by Gasteiger charge is -2.35. The highest BCUT2D eigenvalue weighted by Crippen LogP contribution is 2.39. The summed E-state index contributed by atoms with van der Waals surface area (Å²) in [6, 6.07) is 3.97. The Morgan fingerprint density at radius 1 is 1.19 bits per heavy atom. The number of nitrogens with one attached hydrogen (secondary N) is 1. The van der Waals surface area contributed by atoms with Crippen molar-refractivity contribution >= 4 is 17.7 Å². The molecule has 1 aliphatic carbocycles. The minimum Gasteiger partial charge on any atom is -0.353 e. The number of rotatable bonds is 4. The molecular weight excluding hydrogens is 330 g/mol. The number of urea groups is 1. The van der Waals surface area contributed by atoms with Crippen LogP contribution in [0.5, 0.6) is 0 Å². The molecular formula is C18H25N7O. The topological polar surface area (TPSA) is 79.2 Å². The number of hydrogen-bond donors (Lipinski definition) is 1. The van der Waals surface area contributed by atoms with Gasteiger partial charge in [0, 0.05) is 57.0 Å². The molecule has 0 aromatic carbocycles. The van der Waals surface area contributed by atoms with Gasteiger partial charge in [-0.15, -0.1) is 0 Å². The van der Waals surface area contributed by atoms with Gasteiger partial charge in [0.15, 0.2) is 0 Å². The summed E-state index contributed by atoms with van der Waals surface area (Å²) in [6.07, 6.45) is 4.92. The first-order chi connectivity index (χ1) is 12.6. The molecule has 1 saturated carbocycles. The monoisotopic (exact) mass is 355 g/mol. The number of amides is 2. The lowest BCUT2D eigenvalue weighted by molar-refractivity contribution is 0.208. The third-order valence-electron chi connectivity index (χ3n) is 5.09. The van der Waals surface area contributed by atoms with Crippen LogP contribution >= 0.6 is 0 Å². The maximum absolute atomic E-state index is 12.6. The third-order valence-corrected chi connectivity index (χ3v) is 5.09. The fourth-order valence-electron chi connectivity index (χ4n) is 3.26. The van der Waals surface area contributed by atoms with Crippen molar-refractivity contribution < 1.29 is 4.79 Å². The van der Waals surface area contributed by atoms with Gasteiger partial charge in [0.25, 0.3) is 0 Å². The van der Waals surface area contributed by atoms with Crippen LogP contribution in [0.3, 0.4) is 0 Å². The van der Waals surface area contributed by atoms with E-state index in [4.69, 9.17) is 0 Å².